The number of benzene rings is 1. The molecule has 0 spiro atoms. The number of hydrogen-bond acceptors (Lipinski definition) is 5. The number of nitrogens with one attached hydrogen (secondary N) is 1. The standard InChI is InChI=1S/C20H32FN3O3/c1-16(2)13-24-9-11-27-19(14-24)12-22-20(25)15-23(3)8-10-26-18-6-4-17(21)5-7-18/h4-7,16,19H,8-15H2,1-3H3,(H,22,25). The van der Waals surface area contributed by atoms with Crippen LogP contribution in [0.25, 0.3) is 0 Å². The molecule has 1 aliphatic rings. The van der Waals surface area contributed by atoms with Crippen LogP contribution >= 0.6 is 0 Å². The van der Waals surface area contributed by atoms with Crippen molar-refractivity contribution in [3.05, 3.63) is 30.1 Å². The van der Waals surface area contributed by atoms with Gasteiger partial charge in [0.1, 0.15) is 18.2 Å². The van der Waals surface area contributed by atoms with E-state index in [0.717, 1.165) is 19.6 Å². The highest BCUT2D eigenvalue weighted by atomic mass is 19.1. The molecule has 152 valence electrons. The van der Waals surface area contributed by atoms with E-state index in [1.165, 1.54) is 12.1 Å². The molecule has 0 radical (unpaired) electrons. The maximum absolute atomic E-state index is 12.8. The van der Waals surface area contributed by atoms with Crippen molar-refractivity contribution in [2.75, 3.05) is 59.5 Å². The summed E-state index contributed by atoms with van der Waals surface area (Å²) in [5.74, 6) is 0.938. The largest absolute Gasteiger partial charge is 0.492 e. The average Bonchev–Trinajstić information content (AvgIpc) is 2.61. The number of carbonyl (C=O) groups is 1. The Morgan fingerprint density at radius 3 is 2.85 bits per heavy atom. The summed E-state index contributed by atoms with van der Waals surface area (Å²) in [6.07, 6.45) is 0.0496. The minimum absolute atomic E-state index is 0.0242. The molecule has 1 aromatic carbocycles. The predicted octanol–water partition coefficient (Wildman–Crippen LogP) is 1.61. The molecule has 2 rings (SSSR count). The highest BCUT2D eigenvalue weighted by Crippen LogP contribution is 2.11. The summed E-state index contributed by atoms with van der Waals surface area (Å²) in [5, 5.41) is 2.96. The van der Waals surface area contributed by atoms with E-state index in [2.05, 4.69) is 24.1 Å². The monoisotopic (exact) mass is 381 g/mol. The molecule has 0 aromatic heterocycles. The molecule has 1 atom stereocenters. The maximum atomic E-state index is 12.8. The molecule has 7 heteroatoms. The Balaban J connectivity index is 1.59. The molecule has 0 aliphatic carbocycles. The van der Waals surface area contributed by atoms with Crippen LogP contribution in [-0.4, -0.2) is 81.3 Å². The van der Waals surface area contributed by atoms with Gasteiger partial charge in [-0.1, -0.05) is 13.8 Å². The molecule has 1 heterocycles. The lowest BCUT2D eigenvalue weighted by Gasteiger charge is -2.34. The zero-order valence-corrected chi connectivity index (χ0v) is 16.6. The number of ether oxygens (including phenoxy) is 2. The normalized spacial score (nSPS) is 18.1. The van der Waals surface area contributed by atoms with Gasteiger partial charge in [0.25, 0.3) is 0 Å². The van der Waals surface area contributed by atoms with Crippen molar-refractivity contribution in [3.63, 3.8) is 0 Å². The van der Waals surface area contributed by atoms with Crippen molar-refractivity contribution in [2.24, 2.45) is 5.92 Å². The first-order valence-electron chi connectivity index (χ1n) is 9.60. The van der Waals surface area contributed by atoms with Gasteiger partial charge in [-0.15, -0.1) is 0 Å². The zero-order valence-electron chi connectivity index (χ0n) is 16.6. The summed E-state index contributed by atoms with van der Waals surface area (Å²) in [6.45, 7) is 9.89. The van der Waals surface area contributed by atoms with Crippen molar-refractivity contribution < 1.29 is 18.7 Å². The van der Waals surface area contributed by atoms with Gasteiger partial charge in [0.2, 0.25) is 5.91 Å². The molecule has 6 nitrogen and oxygen atoms in total. The molecule has 0 bridgehead atoms. The van der Waals surface area contributed by atoms with Crippen LogP contribution in [0, 0.1) is 11.7 Å². The summed E-state index contributed by atoms with van der Waals surface area (Å²) in [4.78, 5) is 16.4. The van der Waals surface area contributed by atoms with Gasteiger partial charge in [0.05, 0.1) is 19.3 Å². The fourth-order valence-corrected chi connectivity index (χ4v) is 3.04. The SMILES string of the molecule is CC(C)CN1CCOC(CNC(=O)CN(C)CCOc2ccc(F)cc2)C1. The van der Waals surface area contributed by atoms with Crippen LogP contribution in [0.4, 0.5) is 4.39 Å². The Morgan fingerprint density at radius 1 is 1.41 bits per heavy atom. The second kappa shape index (κ2) is 11.2. The van der Waals surface area contributed by atoms with Crippen LogP contribution in [0.5, 0.6) is 5.75 Å². The second-order valence-electron chi connectivity index (χ2n) is 7.49. The van der Waals surface area contributed by atoms with E-state index in [9.17, 15) is 9.18 Å². The number of morpholine rings is 1. The van der Waals surface area contributed by atoms with Crippen molar-refractivity contribution in [1.82, 2.24) is 15.1 Å². The molecular formula is C20H32FN3O3. The van der Waals surface area contributed by atoms with Gasteiger partial charge in [0, 0.05) is 32.7 Å². The van der Waals surface area contributed by atoms with E-state index < -0.39 is 0 Å². The van der Waals surface area contributed by atoms with Gasteiger partial charge < -0.3 is 14.8 Å². The summed E-state index contributed by atoms with van der Waals surface area (Å²) >= 11 is 0. The van der Waals surface area contributed by atoms with Gasteiger partial charge >= 0.3 is 0 Å². The Kier molecular flexibility index (Phi) is 8.97. The van der Waals surface area contributed by atoms with E-state index in [1.54, 1.807) is 12.1 Å². The van der Waals surface area contributed by atoms with Gasteiger partial charge in [-0.25, -0.2) is 4.39 Å². The third kappa shape index (κ3) is 8.69. The minimum atomic E-state index is -0.287. The Hall–Kier alpha value is -1.70. The van der Waals surface area contributed by atoms with Crippen LogP contribution in [-0.2, 0) is 9.53 Å². The molecule has 1 fully saturated rings. The number of hydrogen-bond donors (Lipinski definition) is 1. The summed E-state index contributed by atoms with van der Waals surface area (Å²) in [6, 6.07) is 5.91. The number of carbonyl (C=O) groups excluding carboxylic acids is 1. The van der Waals surface area contributed by atoms with E-state index in [1.807, 2.05) is 11.9 Å². The third-order valence-electron chi connectivity index (χ3n) is 4.34. The highest BCUT2D eigenvalue weighted by molar-refractivity contribution is 5.77. The molecule has 1 unspecified atom stereocenters. The quantitative estimate of drug-likeness (QED) is 0.667. The van der Waals surface area contributed by atoms with E-state index in [0.29, 0.717) is 44.5 Å². The number of rotatable bonds is 10. The molecule has 27 heavy (non-hydrogen) atoms. The summed E-state index contributed by atoms with van der Waals surface area (Å²) in [7, 11) is 1.87. The second-order valence-corrected chi connectivity index (χ2v) is 7.49. The van der Waals surface area contributed by atoms with Gasteiger partial charge in [-0.05, 0) is 37.2 Å². The molecule has 1 amide bonds. The zero-order chi connectivity index (χ0) is 19.6. The number of nitrogens with zero attached hydrogens (tertiary/aromatic N) is 2. The van der Waals surface area contributed by atoms with E-state index in [-0.39, 0.29) is 17.8 Å². The first kappa shape index (κ1) is 21.6. The van der Waals surface area contributed by atoms with E-state index >= 15 is 0 Å². The van der Waals surface area contributed by atoms with E-state index in [4.69, 9.17) is 9.47 Å². The van der Waals surface area contributed by atoms with Crippen molar-refractivity contribution in [1.29, 1.82) is 0 Å². The first-order chi connectivity index (χ1) is 12.9. The molecule has 1 N–H and O–H groups in total. The Bertz CT molecular complexity index is 568. The van der Waals surface area contributed by atoms with Gasteiger partial charge in [0.15, 0.2) is 0 Å². The van der Waals surface area contributed by atoms with Crippen LogP contribution in [0.2, 0.25) is 0 Å². The van der Waals surface area contributed by atoms with Crippen molar-refractivity contribution in [2.45, 2.75) is 20.0 Å². The number of amides is 1. The molecule has 1 aliphatic heterocycles. The summed E-state index contributed by atoms with van der Waals surface area (Å²) in [5.41, 5.74) is 0. The number of halogens is 1. The average molecular weight is 381 g/mol. The van der Waals surface area contributed by atoms with Crippen LogP contribution < -0.4 is 10.1 Å². The van der Waals surface area contributed by atoms with Gasteiger partial charge in [-0.2, -0.15) is 0 Å². The lowest BCUT2D eigenvalue weighted by Crippen LogP contribution is -2.49. The summed E-state index contributed by atoms with van der Waals surface area (Å²) < 4.78 is 24.1. The third-order valence-corrected chi connectivity index (χ3v) is 4.34. The minimum Gasteiger partial charge on any atom is -0.492 e. The fourth-order valence-electron chi connectivity index (χ4n) is 3.04. The first-order valence-corrected chi connectivity index (χ1v) is 9.60. The molecule has 1 aromatic rings. The smallest absolute Gasteiger partial charge is 0.234 e. The molecular weight excluding hydrogens is 349 g/mol. The van der Waals surface area contributed by atoms with Crippen LogP contribution in [0.3, 0.4) is 0 Å². The molecule has 0 saturated carbocycles. The Labute approximate surface area is 161 Å². The van der Waals surface area contributed by atoms with Crippen molar-refractivity contribution in [3.8, 4) is 5.75 Å². The van der Waals surface area contributed by atoms with Crippen LogP contribution in [0.15, 0.2) is 24.3 Å². The molecule has 1 saturated heterocycles. The predicted molar refractivity (Wildman–Crippen MR) is 103 cm³/mol. The fraction of sp³-hybridized carbons (Fsp3) is 0.650. The van der Waals surface area contributed by atoms with Crippen molar-refractivity contribution >= 4 is 5.91 Å². The van der Waals surface area contributed by atoms with Gasteiger partial charge in [-0.3, -0.25) is 14.6 Å². The number of likely N-dealkylation sites (N-methyl/N-ethyl adjacent to an activating group) is 1. The Morgan fingerprint density at radius 2 is 2.15 bits per heavy atom. The topological polar surface area (TPSA) is 54.0 Å². The maximum Gasteiger partial charge on any atom is 0.234 e. The lowest BCUT2D eigenvalue weighted by molar-refractivity contribution is -0.123. The lowest BCUT2D eigenvalue weighted by atomic mass is 10.2. The highest BCUT2D eigenvalue weighted by Gasteiger charge is 2.21. The van der Waals surface area contributed by atoms with Crippen LogP contribution in [0.1, 0.15) is 13.8 Å².